The SMILES string of the molecule is CCC1CN(CCc2ccccn2)CCC1=O. The average Bonchev–Trinajstić information content (AvgIpc) is 2.39. The first-order chi connectivity index (χ1) is 8.29. The zero-order valence-electron chi connectivity index (χ0n) is 10.4. The van der Waals surface area contributed by atoms with Crippen molar-refractivity contribution in [1.29, 1.82) is 0 Å². The molecule has 3 heteroatoms. The van der Waals surface area contributed by atoms with Crippen LogP contribution in [0.1, 0.15) is 25.5 Å². The number of hydrogen-bond donors (Lipinski definition) is 0. The zero-order chi connectivity index (χ0) is 12.1. The van der Waals surface area contributed by atoms with Crippen molar-refractivity contribution in [3.8, 4) is 0 Å². The number of piperidine rings is 1. The highest BCUT2D eigenvalue weighted by molar-refractivity contribution is 5.82. The molecule has 0 bridgehead atoms. The van der Waals surface area contributed by atoms with Gasteiger partial charge in [-0.1, -0.05) is 13.0 Å². The molecule has 2 heterocycles. The van der Waals surface area contributed by atoms with E-state index in [1.165, 1.54) is 0 Å². The lowest BCUT2D eigenvalue weighted by Crippen LogP contribution is -2.41. The second-order valence-electron chi connectivity index (χ2n) is 4.69. The Morgan fingerprint density at radius 2 is 2.35 bits per heavy atom. The number of likely N-dealkylation sites (tertiary alicyclic amines) is 1. The quantitative estimate of drug-likeness (QED) is 0.795. The summed E-state index contributed by atoms with van der Waals surface area (Å²) in [6.07, 6.45) is 4.51. The van der Waals surface area contributed by atoms with Crippen molar-refractivity contribution < 1.29 is 4.79 Å². The van der Waals surface area contributed by atoms with Gasteiger partial charge in [0.2, 0.25) is 0 Å². The minimum Gasteiger partial charge on any atom is -0.302 e. The Kier molecular flexibility index (Phi) is 4.26. The third-order valence-corrected chi connectivity index (χ3v) is 3.51. The Balaban J connectivity index is 1.82. The van der Waals surface area contributed by atoms with Gasteiger partial charge in [-0.25, -0.2) is 0 Å². The third kappa shape index (κ3) is 3.37. The first-order valence-electron chi connectivity index (χ1n) is 6.44. The van der Waals surface area contributed by atoms with E-state index in [9.17, 15) is 4.79 Å². The molecule has 0 aromatic carbocycles. The number of pyridine rings is 1. The van der Waals surface area contributed by atoms with Crippen LogP contribution in [-0.2, 0) is 11.2 Å². The highest BCUT2D eigenvalue weighted by Crippen LogP contribution is 2.16. The molecular formula is C14H20N2O. The lowest BCUT2D eigenvalue weighted by Gasteiger charge is -2.31. The summed E-state index contributed by atoms with van der Waals surface area (Å²) >= 11 is 0. The van der Waals surface area contributed by atoms with Crippen LogP contribution in [0.3, 0.4) is 0 Å². The molecule has 1 aromatic heterocycles. The molecular weight excluding hydrogens is 212 g/mol. The number of carbonyl (C=O) groups is 1. The second kappa shape index (κ2) is 5.92. The van der Waals surface area contributed by atoms with Gasteiger partial charge in [-0.15, -0.1) is 0 Å². The highest BCUT2D eigenvalue weighted by Gasteiger charge is 2.25. The van der Waals surface area contributed by atoms with Crippen molar-refractivity contribution in [3.05, 3.63) is 30.1 Å². The molecule has 0 radical (unpaired) electrons. The van der Waals surface area contributed by atoms with E-state index in [0.29, 0.717) is 5.78 Å². The number of nitrogens with zero attached hydrogens (tertiary/aromatic N) is 2. The number of aromatic nitrogens is 1. The van der Waals surface area contributed by atoms with Crippen molar-refractivity contribution in [1.82, 2.24) is 9.88 Å². The van der Waals surface area contributed by atoms with Crippen LogP contribution < -0.4 is 0 Å². The molecule has 1 aromatic rings. The molecule has 1 unspecified atom stereocenters. The predicted octanol–water partition coefficient (Wildman–Crippen LogP) is 1.93. The van der Waals surface area contributed by atoms with Gasteiger partial charge < -0.3 is 4.90 Å². The minimum absolute atomic E-state index is 0.257. The van der Waals surface area contributed by atoms with Gasteiger partial charge in [0.25, 0.3) is 0 Å². The minimum atomic E-state index is 0.257. The van der Waals surface area contributed by atoms with Crippen molar-refractivity contribution >= 4 is 5.78 Å². The molecule has 2 rings (SSSR count). The van der Waals surface area contributed by atoms with Crippen LogP contribution in [0.4, 0.5) is 0 Å². The van der Waals surface area contributed by atoms with Crippen LogP contribution in [0.15, 0.2) is 24.4 Å². The largest absolute Gasteiger partial charge is 0.302 e. The number of ketones is 1. The van der Waals surface area contributed by atoms with Crippen molar-refractivity contribution in [3.63, 3.8) is 0 Å². The van der Waals surface area contributed by atoms with Gasteiger partial charge >= 0.3 is 0 Å². The molecule has 1 atom stereocenters. The summed E-state index contributed by atoms with van der Waals surface area (Å²) in [6, 6.07) is 6.03. The van der Waals surface area contributed by atoms with Crippen LogP contribution in [0.5, 0.6) is 0 Å². The summed E-state index contributed by atoms with van der Waals surface area (Å²) in [4.78, 5) is 18.3. The van der Waals surface area contributed by atoms with Crippen molar-refractivity contribution in [2.45, 2.75) is 26.2 Å². The fraction of sp³-hybridized carbons (Fsp3) is 0.571. The van der Waals surface area contributed by atoms with Gasteiger partial charge in [-0.3, -0.25) is 9.78 Å². The van der Waals surface area contributed by atoms with Crippen LogP contribution in [0.2, 0.25) is 0 Å². The Labute approximate surface area is 103 Å². The number of rotatable bonds is 4. The van der Waals surface area contributed by atoms with Crippen LogP contribution in [-0.4, -0.2) is 35.3 Å². The van der Waals surface area contributed by atoms with Crippen LogP contribution in [0.25, 0.3) is 0 Å². The van der Waals surface area contributed by atoms with E-state index in [0.717, 1.165) is 44.6 Å². The molecule has 0 N–H and O–H groups in total. The second-order valence-corrected chi connectivity index (χ2v) is 4.69. The highest BCUT2D eigenvalue weighted by atomic mass is 16.1. The Hall–Kier alpha value is -1.22. The lowest BCUT2D eigenvalue weighted by atomic mass is 9.94. The van der Waals surface area contributed by atoms with Crippen molar-refractivity contribution in [2.24, 2.45) is 5.92 Å². The van der Waals surface area contributed by atoms with E-state index in [-0.39, 0.29) is 5.92 Å². The Bertz CT molecular complexity index is 364. The van der Waals surface area contributed by atoms with Gasteiger partial charge in [0, 0.05) is 50.3 Å². The maximum atomic E-state index is 11.6. The van der Waals surface area contributed by atoms with Gasteiger partial charge in [0.1, 0.15) is 5.78 Å². The van der Waals surface area contributed by atoms with Gasteiger partial charge in [-0.2, -0.15) is 0 Å². The normalized spacial score (nSPS) is 21.7. The van der Waals surface area contributed by atoms with E-state index < -0.39 is 0 Å². The van der Waals surface area contributed by atoms with E-state index in [1.54, 1.807) is 0 Å². The molecule has 17 heavy (non-hydrogen) atoms. The zero-order valence-corrected chi connectivity index (χ0v) is 10.4. The summed E-state index contributed by atoms with van der Waals surface area (Å²) in [7, 11) is 0. The number of Topliss-reactive ketones (excluding diaryl/α,β-unsaturated/α-hetero) is 1. The monoisotopic (exact) mass is 232 g/mol. The molecule has 0 amide bonds. The molecule has 92 valence electrons. The average molecular weight is 232 g/mol. The molecule has 0 spiro atoms. The third-order valence-electron chi connectivity index (χ3n) is 3.51. The van der Waals surface area contributed by atoms with Gasteiger partial charge in [-0.05, 0) is 18.6 Å². The summed E-state index contributed by atoms with van der Waals surface area (Å²) in [5, 5.41) is 0. The standard InChI is InChI=1S/C14H20N2O/c1-2-12-11-16(10-7-14(12)17)9-6-13-5-3-4-8-15-13/h3-5,8,12H,2,6-7,9-11H2,1H3. The maximum absolute atomic E-state index is 11.6. The lowest BCUT2D eigenvalue weighted by molar-refractivity contribution is -0.126. The fourth-order valence-electron chi connectivity index (χ4n) is 2.36. The molecule has 0 aliphatic carbocycles. The smallest absolute Gasteiger partial charge is 0.138 e. The first-order valence-corrected chi connectivity index (χ1v) is 6.44. The molecule has 0 saturated carbocycles. The summed E-state index contributed by atoms with van der Waals surface area (Å²) in [6.45, 7) is 4.97. The molecule has 1 aliphatic rings. The molecule has 1 saturated heterocycles. The molecule has 1 aliphatic heterocycles. The fourth-order valence-corrected chi connectivity index (χ4v) is 2.36. The number of hydrogen-bond acceptors (Lipinski definition) is 3. The van der Waals surface area contributed by atoms with Gasteiger partial charge in [0.15, 0.2) is 0 Å². The molecule has 1 fully saturated rings. The first kappa shape index (κ1) is 12.2. The van der Waals surface area contributed by atoms with Crippen LogP contribution in [0, 0.1) is 5.92 Å². The van der Waals surface area contributed by atoms with E-state index in [4.69, 9.17) is 0 Å². The summed E-state index contributed by atoms with van der Waals surface area (Å²) in [5.41, 5.74) is 1.14. The topological polar surface area (TPSA) is 33.2 Å². The summed E-state index contributed by atoms with van der Waals surface area (Å²) in [5.74, 6) is 0.703. The van der Waals surface area contributed by atoms with E-state index in [2.05, 4.69) is 22.9 Å². The van der Waals surface area contributed by atoms with Crippen molar-refractivity contribution in [2.75, 3.05) is 19.6 Å². The van der Waals surface area contributed by atoms with Crippen LogP contribution >= 0.6 is 0 Å². The van der Waals surface area contributed by atoms with Gasteiger partial charge in [0.05, 0.1) is 0 Å². The van der Waals surface area contributed by atoms with E-state index in [1.807, 2.05) is 18.3 Å². The predicted molar refractivity (Wildman–Crippen MR) is 67.8 cm³/mol. The summed E-state index contributed by atoms with van der Waals surface area (Å²) < 4.78 is 0. The van der Waals surface area contributed by atoms with E-state index >= 15 is 0 Å². The maximum Gasteiger partial charge on any atom is 0.138 e. The number of carbonyl (C=O) groups excluding carboxylic acids is 1. The molecule has 3 nitrogen and oxygen atoms in total. The Morgan fingerprint density at radius 3 is 3.06 bits per heavy atom. The Morgan fingerprint density at radius 1 is 1.47 bits per heavy atom.